The van der Waals surface area contributed by atoms with E-state index in [9.17, 15) is 0 Å². The van der Waals surface area contributed by atoms with Crippen LogP contribution in [-0.2, 0) is 9.47 Å². The van der Waals surface area contributed by atoms with Crippen molar-refractivity contribution >= 4 is 0 Å². The number of hydrogen-bond acceptors (Lipinski definition) is 2. The number of ether oxygens (including phenoxy) is 2. The molecule has 10 heavy (non-hydrogen) atoms. The zero-order chi connectivity index (χ0) is 6.55. The predicted molar refractivity (Wildman–Crippen MR) is 35.6 cm³/mol. The highest BCUT2D eigenvalue weighted by atomic mass is 16.6. The van der Waals surface area contributed by atoms with E-state index in [2.05, 4.69) is 12.2 Å². The van der Waals surface area contributed by atoms with Crippen molar-refractivity contribution in [2.24, 2.45) is 5.92 Å². The summed E-state index contributed by atoms with van der Waals surface area (Å²) in [6.45, 7) is 0.946. The summed E-state index contributed by atoms with van der Waals surface area (Å²) in [7, 11) is 0. The van der Waals surface area contributed by atoms with Crippen LogP contribution in [0.25, 0.3) is 0 Å². The fourth-order valence-electron chi connectivity index (χ4n) is 1.78. The van der Waals surface area contributed by atoms with Crippen molar-refractivity contribution in [3.05, 3.63) is 12.2 Å². The molecule has 2 aliphatic heterocycles. The summed E-state index contributed by atoms with van der Waals surface area (Å²) in [6, 6.07) is 0. The highest BCUT2D eigenvalue weighted by Gasteiger charge is 2.51. The maximum absolute atomic E-state index is 5.45. The number of epoxide rings is 2. The molecule has 2 nitrogen and oxygen atoms in total. The zero-order valence-corrected chi connectivity index (χ0v) is 5.69. The third kappa shape index (κ3) is 0.662. The summed E-state index contributed by atoms with van der Waals surface area (Å²) in [5.74, 6) is 0.582. The molecule has 0 saturated carbocycles. The van der Waals surface area contributed by atoms with Gasteiger partial charge in [-0.3, -0.25) is 0 Å². The molecule has 4 atom stereocenters. The molecule has 2 fully saturated rings. The molecule has 3 aliphatic rings. The Hall–Kier alpha value is -0.340. The first kappa shape index (κ1) is 5.33. The Bertz CT molecular complexity index is 184. The van der Waals surface area contributed by atoms with Crippen LogP contribution in [0.4, 0.5) is 0 Å². The molecule has 0 amide bonds. The Morgan fingerprint density at radius 1 is 1.30 bits per heavy atom. The summed E-state index contributed by atoms with van der Waals surface area (Å²) in [6.07, 6.45) is 7.14. The maximum atomic E-state index is 5.45. The molecule has 4 unspecified atom stereocenters. The Kier molecular flexibility index (Phi) is 0.868. The van der Waals surface area contributed by atoms with Gasteiger partial charge in [-0.15, -0.1) is 0 Å². The van der Waals surface area contributed by atoms with Crippen LogP contribution in [0.5, 0.6) is 0 Å². The van der Waals surface area contributed by atoms with Gasteiger partial charge in [-0.1, -0.05) is 12.2 Å². The molecule has 0 aromatic rings. The van der Waals surface area contributed by atoms with Crippen LogP contribution in [0, 0.1) is 5.92 Å². The highest BCUT2D eigenvalue weighted by Crippen LogP contribution is 2.41. The van der Waals surface area contributed by atoms with Gasteiger partial charge >= 0.3 is 0 Å². The monoisotopic (exact) mass is 138 g/mol. The van der Waals surface area contributed by atoms with Crippen molar-refractivity contribution < 1.29 is 9.47 Å². The first-order valence-corrected chi connectivity index (χ1v) is 3.89. The Balaban J connectivity index is 1.81. The van der Waals surface area contributed by atoms with Gasteiger partial charge in [-0.25, -0.2) is 0 Å². The molecule has 0 N–H and O–H groups in total. The van der Waals surface area contributed by atoms with Crippen molar-refractivity contribution in [2.45, 2.75) is 24.7 Å². The van der Waals surface area contributed by atoms with Crippen molar-refractivity contribution in [2.75, 3.05) is 6.61 Å². The predicted octanol–water partition coefficient (Wildman–Crippen LogP) is 0.729. The van der Waals surface area contributed by atoms with E-state index in [-0.39, 0.29) is 0 Å². The van der Waals surface area contributed by atoms with E-state index in [1.165, 1.54) is 0 Å². The first-order chi connectivity index (χ1) is 4.95. The maximum Gasteiger partial charge on any atom is 0.0933 e. The van der Waals surface area contributed by atoms with Crippen LogP contribution in [-0.4, -0.2) is 24.9 Å². The Morgan fingerprint density at radius 2 is 2.20 bits per heavy atom. The molecule has 0 radical (unpaired) electrons. The van der Waals surface area contributed by atoms with Gasteiger partial charge in [0.2, 0.25) is 0 Å². The minimum atomic E-state index is 0.492. The second-order valence-electron chi connectivity index (χ2n) is 3.25. The molecule has 2 saturated heterocycles. The second kappa shape index (κ2) is 1.63. The molecule has 0 bridgehead atoms. The number of hydrogen-bond donors (Lipinski definition) is 0. The van der Waals surface area contributed by atoms with Gasteiger partial charge in [0, 0.05) is 5.92 Å². The van der Waals surface area contributed by atoms with Crippen LogP contribution in [0.2, 0.25) is 0 Å². The normalized spacial score (nSPS) is 56.0. The third-order valence-corrected chi connectivity index (χ3v) is 2.52. The highest BCUT2D eigenvalue weighted by molar-refractivity contribution is 5.13. The lowest BCUT2D eigenvalue weighted by molar-refractivity contribution is 0.295. The lowest BCUT2D eigenvalue weighted by atomic mass is 9.93. The lowest BCUT2D eigenvalue weighted by Gasteiger charge is -2.07. The van der Waals surface area contributed by atoms with Gasteiger partial charge in [0.1, 0.15) is 0 Å². The quantitative estimate of drug-likeness (QED) is 0.394. The summed E-state index contributed by atoms with van der Waals surface area (Å²) >= 11 is 0. The van der Waals surface area contributed by atoms with E-state index in [0.717, 1.165) is 13.0 Å². The molecule has 2 heteroatoms. The van der Waals surface area contributed by atoms with Crippen LogP contribution < -0.4 is 0 Å². The largest absolute Gasteiger partial charge is 0.372 e. The van der Waals surface area contributed by atoms with E-state index < -0.39 is 0 Å². The van der Waals surface area contributed by atoms with Gasteiger partial charge in [0.25, 0.3) is 0 Å². The van der Waals surface area contributed by atoms with Crippen LogP contribution in [0.15, 0.2) is 12.2 Å². The molecule has 2 heterocycles. The van der Waals surface area contributed by atoms with E-state index in [4.69, 9.17) is 9.47 Å². The topological polar surface area (TPSA) is 25.1 Å². The van der Waals surface area contributed by atoms with Crippen LogP contribution >= 0.6 is 0 Å². The molecule has 0 aromatic heterocycles. The van der Waals surface area contributed by atoms with Gasteiger partial charge < -0.3 is 9.47 Å². The van der Waals surface area contributed by atoms with Crippen LogP contribution in [0.1, 0.15) is 6.42 Å². The second-order valence-corrected chi connectivity index (χ2v) is 3.25. The fraction of sp³-hybridized carbons (Fsp3) is 0.750. The van der Waals surface area contributed by atoms with Crippen molar-refractivity contribution in [1.29, 1.82) is 0 Å². The average Bonchev–Trinajstić information content (AvgIpc) is 2.83. The minimum Gasteiger partial charge on any atom is -0.372 e. The van der Waals surface area contributed by atoms with Gasteiger partial charge in [0.15, 0.2) is 0 Å². The Morgan fingerprint density at radius 3 is 3.00 bits per heavy atom. The van der Waals surface area contributed by atoms with E-state index in [1.807, 2.05) is 0 Å². The standard InChI is InChI=1S/C8H10O2/c1-2-5(7-4-9-7)8-6(3-1)10-8/h1-2,5-8H,3-4H2. The SMILES string of the molecule is C1=CC(C2CO2)C2OC2C1. The number of fused-ring (bicyclic) bond motifs is 1. The van der Waals surface area contributed by atoms with E-state index in [1.54, 1.807) is 0 Å². The van der Waals surface area contributed by atoms with Crippen LogP contribution in [0.3, 0.4) is 0 Å². The molecular formula is C8H10O2. The summed E-state index contributed by atoms with van der Waals surface area (Å²) < 4.78 is 10.7. The fourth-order valence-corrected chi connectivity index (χ4v) is 1.78. The lowest BCUT2D eigenvalue weighted by Crippen LogP contribution is -2.17. The molecule has 54 valence electrons. The molecule has 1 aliphatic carbocycles. The van der Waals surface area contributed by atoms with Crippen molar-refractivity contribution in [3.8, 4) is 0 Å². The number of rotatable bonds is 1. The van der Waals surface area contributed by atoms with E-state index >= 15 is 0 Å². The first-order valence-electron chi connectivity index (χ1n) is 3.89. The molecular weight excluding hydrogens is 128 g/mol. The molecule has 3 rings (SSSR count). The summed E-state index contributed by atoms with van der Waals surface area (Å²) in [5, 5.41) is 0. The summed E-state index contributed by atoms with van der Waals surface area (Å²) in [4.78, 5) is 0. The summed E-state index contributed by atoms with van der Waals surface area (Å²) in [5.41, 5.74) is 0. The molecule has 0 spiro atoms. The van der Waals surface area contributed by atoms with E-state index in [0.29, 0.717) is 24.2 Å². The van der Waals surface area contributed by atoms with Crippen molar-refractivity contribution in [1.82, 2.24) is 0 Å². The smallest absolute Gasteiger partial charge is 0.0933 e. The average molecular weight is 138 g/mol. The third-order valence-electron chi connectivity index (χ3n) is 2.52. The van der Waals surface area contributed by atoms with Crippen molar-refractivity contribution in [3.63, 3.8) is 0 Å². The minimum absolute atomic E-state index is 0.492. The van der Waals surface area contributed by atoms with Gasteiger partial charge in [-0.05, 0) is 6.42 Å². The molecule has 0 aromatic carbocycles. The van der Waals surface area contributed by atoms with Gasteiger partial charge in [-0.2, -0.15) is 0 Å². The Labute approximate surface area is 59.8 Å². The zero-order valence-electron chi connectivity index (χ0n) is 5.69. The van der Waals surface area contributed by atoms with Gasteiger partial charge in [0.05, 0.1) is 24.9 Å².